The molecule has 0 aromatic carbocycles. The van der Waals surface area contributed by atoms with Crippen LogP contribution in [0.4, 0.5) is 4.79 Å². The number of piperazine rings is 1. The minimum absolute atomic E-state index is 0.134. The Labute approximate surface area is 154 Å². The van der Waals surface area contributed by atoms with Crippen molar-refractivity contribution in [3.63, 3.8) is 0 Å². The van der Waals surface area contributed by atoms with Gasteiger partial charge in [0.05, 0.1) is 12.7 Å². The topological polar surface area (TPSA) is 93.6 Å². The molecule has 2 aliphatic heterocycles. The fraction of sp³-hybridized carbons (Fsp3) is 0.889. The first-order valence-corrected chi connectivity index (χ1v) is 9.57. The van der Waals surface area contributed by atoms with Crippen LogP contribution in [-0.2, 0) is 9.53 Å². The summed E-state index contributed by atoms with van der Waals surface area (Å²) in [4.78, 5) is 28.9. The average molecular weight is 369 g/mol. The Morgan fingerprint density at radius 2 is 2.04 bits per heavy atom. The lowest BCUT2D eigenvalue weighted by molar-refractivity contribution is -0.140. The number of aliphatic hydroxyl groups excluding tert-OH is 1. The van der Waals surface area contributed by atoms with Gasteiger partial charge in [-0.05, 0) is 44.6 Å². The normalized spacial score (nSPS) is 29.9. The number of likely N-dealkylation sites (tertiary alicyclic amines) is 1. The highest BCUT2D eigenvalue weighted by atomic mass is 16.5. The summed E-state index contributed by atoms with van der Waals surface area (Å²) in [5, 5.41) is 19.6. The number of aliphatic hydroxyl groups is 1. The van der Waals surface area contributed by atoms with Gasteiger partial charge in [0.15, 0.2) is 0 Å². The van der Waals surface area contributed by atoms with Crippen molar-refractivity contribution in [1.29, 1.82) is 0 Å². The maximum atomic E-state index is 12.5. The first-order chi connectivity index (χ1) is 12.4. The number of carbonyl (C=O) groups excluding carboxylic acids is 1. The zero-order valence-corrected chi connectivity index (χ0v) is 15.8. The molecule has 148 valence electrons. The third-order valence-electron chi connectivity index (χ3n) is 6.50. The van der Waals surface area contributed by atoms with E-state index in [1.165, 1.54) is 4.90 Å². The second kappa shape index (κ2) is 7.70. The zero-order chi connectivity index (χ0) is 18.9. The molecule has 3 aliphatic rings. The monoisotopic (exact) mass is 369 g/mol. The summed E-state index contributed by atoms with van der Waals surface area (Å²) in [5.74, 6) is -0.134. The number of piperidine rings is 1. The average Bonchev–Trinajstić information content (AvgIpc) is 3.38. The first kappa shape index (κ1) is 19.4. The highest BCUT2D eigenvalue weighted by molar-refractivity contribution is 5.86. The van der Waals surface area contributed by atoms with E-state index in [2.05, 4.69) is 4.90 Å². The van der Waals surface area contributed by atoms with Gasteiger partial charge in [-0.25, -0.2) is 4.79 Å². The minimum atomic E-state index is -1.04. The number of hydrogen-bond donors (Lipinski definition) is 2. The predicted octanol–water partition coefficient (Wildman–Crippen LogP) is 0.449. The number of carboxylic acid groups (broad SMARTS) is 1. The van der Waals surface area contributed by atoms with Crippen molar-refractivity contribution in [2.45, 2.75) is 50.8 Å². The second-order valence-electron chi connectivity index (χ2n) is 8.00. The fourth-order valence-electron chi connectivity index (χ4n) is 4.40. The molecule has 2 amide bonds. The Balaban J connectivity index is 1.54. The van der Waals surface area contributed by atoms with Gasteiger partial charge in [0.2, 0.25) is 5.91 Å². The van der Waals surface area contributed by atoms with E-state index in [1.807, 2.05) is 0 Å². The van der Waals surface area contributed by atoms with Crippen molar-refractivity contribution >= 4 is 12.0 Å². The van der Waals surface area contributed by atoms with Crippen molar-refractivity contribution < 1.29 is 24.5 Å². The second-order valence-corrected chi connectivity index (χ2v) is 8.00. The Morgan fingerprint density at radius 3 is 2.62 bits per heavy atom. The number of β-amino-alcohol motifs (C(OH)–C–C–N with tert-alkyl or cyclic N) is 1. The van der Waals surface area contributed by atoms with Crippen LogP contribution in [0.15, 0.2) is 0 Å². The van der Waals surface area contributed by atoms with Crippen LogP contribution in [0.1, 0.15) is 32.6 Å². The number of amides is 2. The summed E-state index contributed by atoms with van der Waals surface area (Å²) in [6, 6.07) is -0.472. The molecule has 2 saturated heterocycles. The van der Waals surface area contributed by atoms with Gasteiger partial charge in [-0.2, -0.15) is 0 Å². The van der Waals surface area contributed by atoms with Crippen LogP contribution in [0, 0.1) is 5.41 Å². The molecule has 2 heterocycles. The van der Waals surface area contributed by atoms with Crippen LogP contribution >= 0.6 is 0 Å². The van der Waals surface area contributed by atoms with E-state index in [9.17, 15) is 14.7 Å². The molecule has 8 nitrogen and oxygen atoms in total. The van der Waals surface area contributed by atoms with Gasteiger partial charge in [0.1, 0.15) is 6.04 Å². The smallest absolute Gasteiger partial charge is 0.408 e. The molecule has 1 spiro atoms. The highest BCUT2D eigenvalue weighted by Gasteiger charge is 2.51. The number of ether oxygens (including phenoxy) is 1. The van der Waals surface area contributed by atoms with E-state index in [0.29, 0.717) is 32.8 Å². The van der Waals surface area contributed by atoms with Gasteiger partial charge in [-0.1, -0.05) is 0 Å². The SMILES string of the molecule is COC[C@H](CCN1CCN(C(=O)O)[C@H](C)C1=O)N1CCC2(CC2)[C@H](O)C1. The molecule has 8 heteroatoms. The molecule has 0 bridgehead atoms. The number of methoxy groups -OCH3 is 1. The molecule has 1 aliphatic carbocycles. The third kappa shape index (κ3) is 3.82. The van der Waals surface area contributed by atoms with Crippen molar-refractivity contribution in [2.75, 3.05) is 46.4 Å². The standard InChI is InChI=1S/C18H31N3O5/c1-13-16(23)19(9-10-21(13)17(24)25)7-3-14(12-26-2)20-8-6-18(4-5-18)15(22)11-20/h13-15,22H,3-12H2,1-2H3,(H,24,25)/t13-,14+,15-/m1/s1. The Morgan fingerprint density at radius 1 is 1.31 bits per heavy atom. The minimum Gasteiger partial charge on any atom is -0.465 e. The first-order valence-electron chi connectivity index (χ1n) is 9.57. The maximum absolute atomic E-state index is 12.5. The lowest BCUT2D eigenvalue weighted by atomic mass is 9.89. The Kier molecular flexibility index (Phi) is 5.74. The van der Waals surface area contributed by atoms with Gasteiger partial charge in [0, 0.05) is 39.3 Å². The lowest BCUT2D eigenvalue weighted by Gasteiger charge is -2.42. The van der Waals surface area contributed by atoms with E-state index in [-0.39, 0.29) is 23.5 Å². The Hall–Kier alpha value is -1.38. The summed E-state index contributed by atoms with van der Waals surface area (Å²) in [7, 11) is 1.68. The van der Waals surface area contributed by atoms with E-state index in [0.717, 1.165) is 32.2 Å². The molecule has 0 radical (unpaired) electrons. The van der Waals surface area contributed by atoms with Crippen molar-refractivity contribution in [2.24, 2.45) is 5.41 Å². The Bertz CT molecular complexity index is 539. The highest BCUT2D eigenvalue weighted by Crippen LogP contribution is 2.53. The number of carbonyl (C=O) groups is 2. The molecular formula is C18H31N3O5. The summed E-state index contributed by atoms with van der Waals surface area (Å²) in [6.45, 7) is 5.21. The van der Waals surface area contributed by atoms with E-state index in [1.54, 1.807) is 18.9 Å². The van der Waals surface area contributed by atoms with Crippen molar-refractivity contribution in [3.8, 4) is 0 Å². The molecule has 1 saturated carbocycles. The molecule has 0 aromatic rings. The molecule has 26 heavy (non-hydrogen) atoms. The van der Waals surface area contributed by atoms with E-state index >= 15 is 0 Å². The predicted molar refractivity (Wildman–Crippen MR) is 94.9 cm³/mol. The lowest BCUT2D eigenvalue weighted by Crippen LogP contribution is -2.58. The fourth-order valence-corrected chi connectivity index (χ4v) is 4.40. The number of nitrogens with zero attached hydrogens (tertiary/aromatic N) is 3. The van der Waals surface area contributed by atoms with Crippen LogP contribution in [0.2, 0.25) is 0 Å². The molecule has 3 fully saturated rings. The van der Waals surface area contributed by atoms with Gasteiger partial charge < -0.3 is 19.8 Å². The van der Waals surface area contributed by atoms with Crippen LogP contribution in [-0.4, -0.2) is 102 Å². The molecule has 2 N–H and O–H groups in total. The van der Waals surface area contributed by atoms with E-state index < -0.39 is 12.1 Å². The molecule has 0 aromatic heterocycles. The molecular weight excluding hydrogens is 338 g/mol. The van der Waals surface area contributed by atoms with Crippen LogP contribution < -0.4 is 0 Å². The van der Waals surface area contributed by atoms with Crippen molar-refractivity contribution in [3.05, 3.63) is 0 Å². The summed E-state index contributed by atoms with van der Waals surface area (Å²) < 4.78 is 5.38. The van der Waals surface area contributed by atoms with Crippen molar-refractivity contribution in [1.82, 2.24) is 14.7 Å². The quantitative estimate of drug-likeness (QED) is 0.706. The van der Waals surface area contributed by atoms with Crippen LogP contribution in [0.5, 0.6) is 0 Å². The number of rotatable bonds is 6. The van der Waals surface area contributed by atoms with Gasteiger partial charge in [-0.15, -0.1) is 0 Å². The number of hydrogen-bond acceptors (Lipinski definition) is 5. The maximum Gasteiger partial charge on any atom is 0.408 e. The van der Waals surface area contributed by atoms with Crippen LogP contribution in [0.3, 0.4) is 0 Å². The molecule has 3 rings (SSSR count). The van der Waals surface area contributed by atoms with Gasteiger partial charge in [0.25, 0.3) is 0 Å². The van der Waals surface area contributed by atoms with E-state index in [4.69, 9.17) is 9.84 Å². The molecule has 3 atom stereocenters. The van der Waals surface area contributed by atoms with Gasteiger partial charge >= 0.3 is 6.09 Å². The summed E-state index contributed by atoms with van der Waals surface area (Å²) >= 11 is 0. The van der Waals surface area contributed by atoms with Gasteiger partial charge in [-0.3, -0.25) is 14.6 Å². The largest absolute Gasteiger partial charge is 0.465 e. The third-order valence-corrected chi connectivity index (χ3v) is 6.50. The zero-order valence-electron chi connectivity index (χ0n) is 15.8. The summed E-state index contributed by atoms with van der Waals surface area (Å²) in [5.41, 5.74) is 0.173. The summed E-state index contributed by atoms with van der Waals surface area (Å²) in [6.07, 6.45) is 2.75. The molecule has 0 unspecified atom stereocenters. The van der Waals surface area contributed by atoms with Crippen LogP contribution in [0.25, 0.3) is 0 Å².